The number of aryl methyl sites for hydroxylation is 1. The maximum atomic E-state index is 11.5. The molecule has 0 aliphatic carbocycles. The number of piperazine rings is 1. The second-order valence-electron chi connectivity index (χ2n) is 3.83. The molecule has 0 aromatic carbocycles. The highest BCUT2D eigenvalue weighted by atomic mass is 16.2. The zero-order valence-corrected chi connectivity index (χ0v) is 9.06. The van der Waals surface area contributed by atoms with Crippen molar-refractivity contribution in [1.29, 1.82) is 0 Å². The lowest BCUT2D eigenvalue weighted by Crippen LogP contribution is -2.51. The Kier molecular flexibility index (Phi) is 2.85. The molecule has 0 spiro atoms. The summed E-state index contributed by atoms with van der Waals surface area (Å²) in [7, 11) is 0. The van der Waals surface area contributed by atoms with E-state index in [0.717, 1.165) is 11.1 Å². The molecule has 1 aliphatic heterocycles. The molecule has 0 radical (unpaired) electrons. The van der Waals surface area contributed by atoms with Crippen LogP contribution in [0.3, 0.4) is 0 Å². The summed E-state index contributed by atoms with van der Waals surface area (Å²) < 4.78 is 0. The number of hydrogen-bond donors (Lipinski definition) is 1. The summed E-state index contributed by atoms with van der Waals surface area (Å²) in [6.45, 7) is 2.64. The van der Waals surface area contributed by atoms with E-state index in [-0.39, 0.29) is 24.9 Å². The summed E-state index contributed by atoms with van der Waals surface area (Å²) in [4.78, 5) is 28.3. The van der Waals surface area contributed by atoms with Crippen LogP contribution in [-0.4, -0.2) is 34.8 Å². The molecule has 0 atom stereocenters. The van der Waals surface area contributed by atoms with Gasteiger partial charge in [-0.2, -0.15) is 0 Å². The molecule has 0 unspecified atom stereocenters. The minimum absolute atomic E-state index is 0.0529. The number of amides is 2. The Morgan fingerprint density at radius 2 is 2.31 bits per heavy atom. The van der Waals surface area contributed by atoms with Gasteiger partial charge >= 0.3 is 0 Å². The third-order valence-corrected chi connectivity index (χ3v) is 2.63. The molecular weight excluding hydrogens is 206 g/mol. The van der Waals surface area contributed by atoms with Crippen molar-refractivity contribution in [2.45, 2.75) is 13.5 Å². The van der Waals surface area contributed by atoms with Crippen LogP contribution in [0.1, 0.15) is 11.1 Å². The highest BCUT2D eigenvalue weighted by Gasteiger charge is 2.23. The molecule has 1 aromatic heterocycles. The number of nitrogens with one attached hydrogen (secondary N) is 1. The minimum atomic E-state index is -0.110. The van der Waals surface area contributed by atoms with Gasteiger partial charge in [-0.25, -0.2) is 0 Å². The van der Waals surface area contributed by atoms with Gasteiger partial charge in [0, 0.05) is 18.9 Å². The predicted molar refractivity (Wildman–Crippen MR) is 57.4 cm³/mol. The number of aromatic nitrogens is 1. The van der Waals surface area contributed by atoms with Crippen molar-refractivity contribution in [3.05, 3.63) is 29.6 Å². The second-order valence-corrected chi connectivity index (χ2v) is 3.83. The Morgan fingerprint density at radius 3 is 3.06 bits per heavy atom. The van der Waals surface area contributed by atoms with Crippen LogP contribution >= 0.6 is 0 Å². The monoisotopic (exact) mass is 219 g/mol. The van der Waals surface area contributed by atoms with Gasteiger partial charge in [0.25, 0.3) is 0 Å². The quantitative estimate of drug-likeness (QED) is 0.752. The van der Waals surface area contributed by atoms with Gasteiger partial charge in [0.15, 0.2) is 0 Å². The van der Waals surface area contributed by atoms with Crippen LogP contribution < -0.4 is 5.32 Å². The molecule has 84 valence electrons. The summed E-state index contributed by atoms with van der Waals surface area (Å²) in [5.74, 6) is -0.163. The summed E-state index contributed by atoms with van der Waals surface area (Å²) in [5.41, 5.74) is 2.05. The van der Waals surface area contributed by atoms with Gasteiger partial charge in [-0.05, 0) is 24.1 Å². The summed E-state index contributed by atoms with van der Waals surface area (Å²) in [6, 6.07) is 1.89. The SMILES string of the molecule is Cc1ccncc1CN1CC(=O)NCC1=O. The third kappa shape index (κ3) is 2.18. The minimum Gasteiger partial charge on any atom is -0.345 e. The van der Waals surface area contributed by atoms with E-state index in [1.165, 1.54) is 0 Å². The smallest absolute Gasteiger partial charge is 0.242 e. The first-order chi connectivity index (χ1) is 7.66. The Labute approximate surface area is 93.5 Å². The topological polar surface area (TPSA) is 62.3 Å². The Morgan fingerprint density at radius 1 is 1.50 bits per heavy atom. The lowest BCUT2D eigenvalue weighted by Gasteiger charge is -2.26. The molecule has 0 saturated carbocycles. The molecule has 1 saturated heterocycles. The van der Waals surface area contributed by atoms with E-state index >= 15 is 0 Å². The Bertz CT molecular complexity index is 431. The lowest BCUT2D eigenvalue weighted by molar-refractivity contribution is -0.141. The molecule has 1 fully saturated rings. The van der Waals surface area contributed by atoms with Crippen molar-refractivity contribution in [1.82, 2.24) is 15.2 Å². The normalized spacial score (nSPS) is 16.2. The number of carbonyl (C=O) groups is 2. The van der Waals surface area contributed by atoms with Gasteiger partial charge in [-0.15, -0.1) is 0 Å². The Balaban J connectivity index is 2.12. The van der Waals surface area contributed by atoms with Crippen molar-refractivity contribution in [2.24, 2.45) is 0 Å². The third-order valence-electron chi connectivity index (χ3n) is 2.63. The van der Waals surface area contributed by atoms with Crippen LogP contribution in [0.4, 0.5) is 0 Å². The standard InChI is InChI=1S/C11H13N3O2/c1-8-2-3-12-4-9(8)6-14-7-10(15)13-5-11(14)16/h2-4H,5-7H2,1H3,(H,13,15). The fourth-order valence-corrected chi connectivity index (χ4v) is 1.62. The highest BCUT2D eigenvalue weighted by Crippen LogP contribution is 2.10. The average molecular weight is 219 g/mol. The second kappa shape index (κ2) is 4.30. The van der Waals surface area contributed by atoms with Crippen molar-refractivity contribution in [2.75, 3.05) is 13.1 Å². The predicted octanol–water partition coefficient (Wildman–Crippen LogP) is -0.152. The zero-order chi connectivity index (χ0) is 11.5. The molecule has 2 heterocycles. The van der Waals surface area contributed by atoms with Gasteiger partial charge in [0.1, 0.15) is 0 Å². The molecule has 1 aliphatic rings. The molecule has 0 bridgehead atoms. The number of nitrogens with zero attached hydrogens (tertiary/aromatic N) is 2. The fraction of sp³-hybridized carbons (Fsp3) is 0.364. The van der Waals surface area contributed by atoms with E-state index in [2.05, 4.69) is 10.3 Å². The van der Waals surface area contributed by atoms with Gasteiger partial charge in [-0.3, -0.25) is 14.6 Å². The summed E-state index contributed by atoms with van der Waals surface area (Å²) >= 11 is 0. The van der Waals surface area contributed by atoms with E-state index in [1.54, 1.807) is 17.3 Å². The molecule has 5 nitrogen and oxygen atoms in total. The van der Waals surface area contributed by atoms with Gasteiger partial charge in [-0.1, -0.05) is 0 Å². The fourth-order valence-electron chi connectivity index (χ4n) is 1.62. The van der Waals surface area contributed by atoms with Crippen LogP contribution in [0, 0.1) is 6.92 Å². The molecule has 2 rings (SSSR count). The maximum absolute atomic E-state index is 11.5. The van der Waals surface area contributed by atoms with Crippen molar-refractivity contribution >= 4 is 11.8 Å². The molecular formula is C11H13N3O2. The van der Waals surface area contributed by atoms with E-state index in [1.807, 2.05) is 13.0 Å². The number of pyridine rings is 1. The van der Waals surface area contributed by atoms with E-state index in [0.29, 0.717) is 6.54 Å². The molecule has 1 aromatic rings. The van der Waals surface area contributed by atoms with Crippen LogP contribution in [0.5, 0.6) is 0 Å². The number of rotatable bonds is 2. The molecule has 16 heavy (non-hydrogen) atoms. The molecule has 1 N–H and O–H groups in total. The zero-order valence-electron chi connectivity index (χ0n) is 9.06. The highest BCUT2D eigenvalue weighted by molar-refractivity contribution is 5.92. The van der Waals surface area contributed by atoms with Crippen LogP contribution in [0.15, 0.2) is 18.5 Å². The first-order valence-corrected chi connectivity index (χ1v) is 5.11. The molecule has 5 heteroatoms. The van der Waals surface area contributed by atoms with Crippen LogP contribution in [0.25, 0.3) is 0 Å². The van der Waals surface area contributed by atoms with E-state index in [4.69, 9.17) is 0 Å². The van der Waals surface area contributed by atoms with Gasteiger partial charge in [0.2, 0.25) is 11.8 Å². The maximum Gasteiger partial charge on any atom is 0.242 e. The number of carbonyl (C=O) groups excluding carboxylic acids is 2. The van der Waals surface area contributed by atoms with E-state index < -0.39 is 0 Å². The first kappa shape index (κ1) is 10.6. The van der Waals surface area contributed by atoms with Crippen LogP contribution in [0.2, 0.25) is 0 Å². The van der Waals surface area contributed by atoms with Gasteiger partial charge < -0.3 is 10.2 Å². The van der Waals surface area contributed by atoms with Crippen LogP contribution in [-0.2, 0) is 16.1 Å². The summed E-state index contributed by atoms with van der Waals surface area (Å²) in [6.07, 6.45) is 3.44. The van der Waals surface area contributed by atoms with Crippen molar-refractivity contribution in [3.8, 4) is 0 Å². The van der Waals surface area contributed by atoms with Crippen molar-refractivity contribution in [3.63, 3.8) is 0 Å². The largest absolute Gasteiger partial charge is 0.345 e. The lowest BCUT2D eigenvalue weighted by atomic mass is 10.1. The van der Waals surface area contributed by atoms with Gasteiger partial charge in [0.05, 0.1) is 13.1 Å². The molecule has 2 amide bonds. The Hall–Kier alpha value is -1.91. The van der Waals surface area contributed by atoms with Crippen molar-refractivity contribution < 1.29 is 9.59 Å². The summed E-state index contributed by atoms with van der Waals surface area (Å²) in [5, 5.41) is 2.52. The number of hydrogen-bond acceptors (Lipinski definition) is 3. The van der Waals surface area contributed by atoms with E-state index in [9.17, 15) is 9.59 Å². The average Bonchev–Trinajstić information content (AvgIpc) is 2.27. The first-order valence-electron chi connectivity index (χ1n) is 5.11.